The molecule has 2 rings (SSSR count). The monoisotopic (exact) mass is 334 g/mol. The number of hydrogen-bond acceptors (Lipinski definition) is 4. The summed E-state index contributed by atoms with van der Waals surface area (Å²) in [5.41, 5.74) is 1.69. The first-order valence-electron chi connectivity index (χ1n) is 7.50. The molecule has 1 unspecified atom stereocenters. The van der Waals surface area contributed by atoms with E-state index in [1.54, 1.807) is 43.2 Å². The first-order valence-corrected chi connectivity index (χ1v) is 8.44. The maximum Gasteiger partial charge on any atom is 0.255 e. The zero-order valence-corrected chi connectivity index (χ0v) is 14.7. The summed E-state index contributed by atoms with van der Waals surface area (Å²) in [6, 6.07) is 3.82. The number of rotatable bonds is 6. The Kier molecular flexibility index (Phi) is 5.60. The third kappa shape index (κ3) is 4.45. The van der Waals surface area contributed by atoms with Crippen molar-refractivity contribution in [3.05, 3.63) is 45.5 Å². The van der Waals surface area contributed by atoms with E-state index in [0.717, 1.165) is 6.42 Å². The fraction of sp³-hybridized carbons (Fsp3) is 0.412. The normalized spacial score (nSPS) is 12.0. The van der Waals surface area contributed by atoms with Crippen molar-refractivity contribution < 1.29 is 14.0 Å². The number of nitrogens with zero attached hydrogens (tertiary/aromatic N) is 1. The first kappa shape index (κ1) is 17.3. The van der Waals surface area contributed by atoms with Crippen LogP contribution in [0.3, 0.4) is 0 Å². The molecule has 2 heterocycles. The number of thiophene rings is 1. The van der Waals surface area contributed by atoms with E-state index < -0.39 is 0 Å². The largest absolute Gasteiger partial charge is 0.466 e. The van der Waals surface area contributed by atoms with Gasteiger partial charge in [0.05, 0.1) is 12.1 Å². The number of aryl methyl sites for hydroxylation is 2. The highest BCUT2D eigenvalue weighted by Crippen LogP contribution is 2.14. The second-order valence-corrected chi connectivity index (χ2v) is 6.48. The highest BCUT2D eigenvalue weighted by molar-refractivity contribution is 7.07. The standard InChI is InChI=1S/C17H22N2O3S/c1-11(7-14-5-6-23-10-14)19(4)16(20)9-18-17(21)15-8-12(2)22-13(15)3/h5-6,8,10-11H,7,9H2,1-4H3,(H,18,21). The molecule has 6 heteroatoms. The summed E-state index contributed by atoms with van der Waals surface area (Å²) in [5.74, 6) is 0.845. The zero-order valence-electron chi connectivity index (χ0n) is 13.9. The minimum absolute atomic E-state index is 0.0209. The summed E-state index contributed by atoms with van der Waals surface area (Å²) in [6.45, 7) is 5.50. The zero-order chi connectivity index (χ0) is 17.0. The molecule has 2 aromatic rings. The van der Waals surface area contributed by atoms with Gasteiger partial charge in [-0.25, -0.2) is 0 Å². The molecule has 0 fully saturated rings. The quantitative estimate of drug-likeness (QED) is 0.883. The lowest BCUT2D eigenvalue weighted by Gasteiger charge is -2.25. The van der Waals surface area contributed by atoms with E-state index in [4.69, 9.17) is 4.42 Å². The maximum atomic E-state index is 12.2. The predicted molar refractivity (Wildman–Crippen MR) is 90.8 cm³/mol. The molecule has 0 radical (unpaired) electrons. The minimum atomic E-state index is -0.286. The fourth-order valence-electron chi connectivity index (χ4n) is 2.36. The molecule has 0 bridgehead atoms. The number of nitrogens with one attached hydrogen (secondary N) is 1. The lowest BCUT2D eigenvalue weighted by molar-refractivity contribution is -0.130. The average Bonchev–Trinajstić information content (AvgIpc) is 3.12. The first-order chi connectivity index (χ1) is 10.9. The summed E-state index contributed by atoms with van der Waals surface area (Å²) < 4.78 is 5.33. The number of amides is 2. The number of carbonyl (C=O) groups is 2. The Morgan fingerprint density at radius 3 is 2.70 bits per heavy atom. The number of likely N-dealkylation sites (N-methyl/N-ethyl adjacent to an activating group) is 1. The number of hydrogen-bond donors (Lipinski definition) is 1. The van der Waals surface area contributed by atoms with Gasteiger partial charge in [0.1, 0.15) is 11.5 Å². The van der Waals surface area contributed by atoms with Crippen molar-refractivity contribution in [1.29, 1.82) is 0 Å². The SMILES string of the molecule is Cc1cc(C(=O)NCC(=O)N(C)C(C)Cc2ccsc2)c(C)o1. The molecule has 124 valence electrons. The van der Waals surface area contributed by atoms with Crippen LogP contribution in [0, 0.1) is 13.8 Å². The van der Waals surface area contributed by atoms with Crippen molar-refractivity contribution >= 4 is 23.2 Å². The van der Waals surface area contributed by atoms with Crippen LogP contribution in [0.15, 0.2) is 27.3 Å². The molecule has 1 atom stereocenters. The van der Waals surface area contributed by atoms with Gasteiger partial charge in [-0.15, -0.1) is 0 Å². The van der Waals surface area contributed by atoms with Crippen LogP contribution in [-0.2, 0) is 11.2 Å². The molecule has 0 saturated heterocycles. The smallest absolute Gasteiger partial charge is 0.255 e. The number of carbonyl (C=O) groups excluding carboxylic acids is 2. The van der Waals surface area contributed by atoms with Crippen LogP contribution in [0.4, 0.5) is 0 Å². The molecule has 2 amide bonds. The van der Waals surface area contributed by atoms with Crippen LogP contribution in [0.25, 0.3) is 0 Å². The summed E-state index contributed by atoms with van der Waals surface area (Å²) in [4.78, 5) is 26.0. The Balaban J connectivity index is 1.86. The van der Waals surface area contributed by atoms with Crippen LogP contribution >= 0.6 is 11.3 Å². The summed E-state index contributed by atoms with van der Waals surface area (Å²) in [6.07, 6.45) is 0.805. The molecule has 0 aliphatic heterocycles. The van der Waals surface area contributed by atoms with E-state index in [1.165, 1.54) is 5.56 Å². The predicted octanol–water partition coefficient (Wildman–Crippen LogP) is 2.78. The summed E-state index contributed by atoms with van der Waals surface area (Å²) >= 11 is 1.65. The van der Waals surface area contributed by atoms with Gasteiger partial charge in [-0.1, -0.05) is 0 Å². The van der Waals surface area contributed by atoms with Crippen LogP contribution < -0.4 is 5.32 Å². The van der Waals surface area contributed by atoms with Gasteiger partial charge in [0.2, 0.25) is 5.91 Å². The van der Waals surface area contributed by atoms with Crippen molar-refractivity contribution in [2.24, 2.45) is 0 Å². The fourth-order valence-corrected chi connectivity index (χ4v) is 3.05. The Morgan fingerprint density at radius 1 is 1.39 bits per heavy atom. The maximum absolute atomic E-state index is 12.2. The molecule has 1 N–H and O–H groups in total. The summed E-state index contributed by atoms with van der Waals surface area (Å²) in [5, 5.41) is 6.77. The Labute approximate surface area is 140 Å². The second kappa shape index (κ2) is 7.46. The Hall–Kier alpha value is -2.08. The van der Waals surface area contributed by atoms with Gasteiger partial charge in [0.25, 0.3) is 5.91 Å². The van der Waals surface area contributed by atoms with Crippen molar-refractivity contribution in [3.8, 4) is 0 Å². The molecule has 5 nitrogen and oxygen atoms in total. The van der Waals surface area contributed by atoms with Crippen LogP contribution in [0.1, 0.15) is 34.4 Å². The Morgan fingerprint density at radius 2 is 2.13 bits per heavy atom. The topological polar surface area (TPSA) is 62.6 Å². The lowest BCUT2D eigenvalue weighted by atomic mass is 10.1. The van der Waals surface area contributed by atoms with Gasteiger partial charge in [0.15, 0.2) is 0 Å². The van der Waals surface area contributed by atoms with E-state index in [9.17, 15) is 9.59 Å². The highest BCUT2D eigenvalue weighted by atomic mass is 32.1. The summed E-state index contributed by atoms with van der Waals surface area (Å²) in [7, 11) is 1.76. The molecule has 0 spiro atoms. The number of furan rings is 1. The van der Waals surface area contributed by atoms with Gasteiger partial charge in [-0.05, 0) is 55.6 Å². The van der Waals surface area contributed by atoms with Crippen LogP contribution in [0.5, 0.6) is 0 Å². The molecule has 0 saturated carbocycles. The molecular weight excluding hydrogens is 312 g/mol. The Bertz CT molecular complexity index is 676. The average molecular weight is 334 g/mol. The van der Waals surface area contributed by atoms with E-state index in [0.29, 0.717) is 17.1 Å². The van der Waals surface area contributed by atoms with Gasteiger partial charge in [-0.2, -0.15) is 11.3 Å². The van der Waals surface area contributed by atoms with E-state index in [-0.39, 0.29) is 24.4 Å². The molecule has 0 aliphatic carbocycles. The molecule has 0 aromatic carbocycles. The second-order valence-electron chi connectivity index (χ2n) is 5.70. The third-order valence-electron chi connectivity index (χ3n) is 3.85. The van der Waals surface area contributed by atoms with Crippen LogP contribution in [0.2, 0.25) is 0 Å². The molecule has 0 aliphatic rings. The molecule has 23 heavy (non-hydrogen) atoms. The van der Waals surface area contributed by atoms with Gasteiger partial charge in [0, 0.05) is 13.1 Å². The van der Waals surface area contributed by atoms with E-state index in [2.05, 4.69) is 16.8 Å². The third-order valence-corrected chi connectivity index (χ3v) is 4.58. The highest BCUT2D eigenvalue weighted by Gasteiger charge is 2.19. The van der Waals surface area contributed by atoms with Crippen LogP contribution in [-0.4, -0.2) is 36.3 Å². The van der Waals surface area contributed by atoms with Gasteiger partial charge >= 0.3 is 0 Å². The van der Waals surface area contributed by atoms with Crippen molar-refractivity contribution in [2.75, 3.05) is 13.6 Å². The molecule has 2 aromatic heterocycles. The lowest BCUT2D eigenvalue weighted by Crippen LogP contribution is -2.43. The van der Waals surface area contributed by atoms with Crippen molar-refractivity contribution in [1.82, 2.24) is 10.2 Å². The minimum Gasteiger partial charge on any atom is -0.466 e. The van der Waals surface area contributed by atoms with Gasteiger partial charge in [-0.3, -0.25) is 9.59 Å². The van der Waals surface area contributed by atoms with E-state index >= 15 is 0 Å². The van der Waals surface area contributed by atoms with Crippen molar-refractivity contribution in [2.45, 2.75) is 33.2 Å². The molecular formula is C17H22N2O3S. The van der Waals surface area contributed by atoms with Gasteiger partial charge < -0.3 is 14.6 Å². The van der Waals surface area contributed by atoms with Crippen molar-refractivity contribution in [3.63, 3.8) is 0 Å². The van der Waals surface area contributed by atoms with E-state index in [1.807, 2.05) is 12.3 Å².